The summed E-state index contributed by atoms with van der Waals surface area (Å²) < 4.78 is 0. The zero-order chi connectivity index (χ0) is 9.10. The van der Waals surface area contributed by atoms with Gasteiger partial charge in [0.15, 0.2) is 0 Å². The van der Waals surface area contributed by atoms with Crippen LogP contribution in [0.5, 0.6) is 0 Å². The number of rotatable bonds is 2. The average Bonchev–Trinajstić information content (AvgIpc) is 2.71. The van der Waals surface area contributed by atoms with E-state index in [1.807, 2.05) is 16.8 Å². The molecule has 3 nitrogen and oxygen atoms in total. The van der Waals surface area contributed by atoms with Crippen molar-refractivity contribution in [2.75, 3.05) is 0 Å². The van der Waals surface area contributed by atoms with Gasteiger partial charge in [-0.2, -0.15) is 11.3 Å². The molecule has 0 bridgehead atoms. The zero-order valence-electron chi connectivity index (χ0n) is 6.84. The second-order valence-electron chi connectivity index (χ2n) is 2.56. The Hall–Kier alpha value is -1.26. The summed E-state index contributed by atoms with van der Waals surface area (Å²) in [6.07, 6.45) is 1.47. The van der Waals surface area contributed by atoms with Gasteiger partial charge in [-0.25, -0.2) is 9.97 Å². The fraction of sp³-hybridized carbons (Fsp3) is 0.111. The molecule has 1 N–H and O–H groups in total. The van der Waals surface area contributed by atoms with Crippen LogP contribution in [0.3, 0.4) is 0 Å². The van der Waals surface area contributed by atoms with E-state index in [9.17, 15) is 0 Å². The summed E-state index contributed by atoms with van der Waals surface area (Å²) in [5.41, 5.74) is 2.58. The number of nitrogens with zero attached hydrogens (tertiary/aromatic N) is 2. The maximum atomic E-state index is 8.87. The topological polar surface area (TPSA) is 46.0 Å². The van der Waals surface area contributed by atoms with Gasteiger partial charge in [-0.1, -0.05) is 0 Å². The van der Waals surface area contributed by atoms with E-state index in [2.05, 4.69) is 9.97 Å². The Morgan fingerprint density at radius 3 is 3.00 bits per heavy atom. The van der Waals surface area contributed by atoms with E-state index in [0.717, 1.165) is 11.3 Å². The minimum atomic E-state index is -0.0420. The molecule has 0 radical (unpaired) electrons. The van der Waals surface area contributed by atoms with Gasteiger partial charge < -0.3 is 5.11 Å². The monoisotopic (exact) mass is 192 g/mol. The highest BCUT2D eigenvalue weighted by atomic mass is 32.1. The van der Waals surface area contributed by atoms with Crippen molar-refractivity contribution in [1.29, 1.82) is 0 Å². The molecule has 0 aliphatic rings. The molecular formula is C9H8N2OS. The summed E-state index contributed by atoms with van der Waals surface area (Å²) in [7, 11) is 0. The lowest BCUT2D eigenvalue weighted by atomic mass is 10.2. The Morgan fingerprint density at radius 2 is 2.31 bits per heavy atom. The predicted octanol–water partition coefficient (Wildman–Crippen LogP) is 1.70. The second kappa shape index (κ2) is 3.64. The molecule has 0 spiro atoms. The largest absolute Gasteiger partial charge is 0.390 e. The van der Waals surface area contributed by atoms with Crippen molar-refractivity contribution in [2.45, 2.75) is 6.61 Å². The number of aliphatic hydroxyl groups is 1. The Kier molecular flexibility index (Phi) is 2.33. The molecule has 2 aromatic rings. The van der Waals surface area contributed by atoms with E-state index in [-0.39, 0.29) is 6.61 Å². The van der Waals surface area contributed by atoms with E-state index in [1.165, 1.54) is 6.33 Å². The fourth-order valence-electron chi connectivity index (χ4n) is 1.05. The third-order valence-corrected chi connectivity index (χ3v) is 2.39. The van der Waals surface area contributed by atoms with Crippen LogP contribution in [0.2, 0.25) is 0 Å². The summed E-state index contributed by atoms with van der Waals surface area (Å²) in [4.78, 5) is 8.02. The summed E-state index contributed by atoms with van der Waals surface area (Å²) in [6.45, 7) is -0.0420. The number of aromatic nitrogens is 2. The van der Waals surface area contributed by atoms with Crippen LogP contribution in [0.4, 0.5) is 0 Å². The van der Waals surface area contributed by atoms with E-state index < -0.39 is 0 Å². The second-order valence-corrected chi connectivity index (χ2v) is 3.34. The van der Waals surface area contributed by atoms with Crippen molar-refractivity contribution in [3.05, 3.63) is 34.9 Å². The summed E-state index contributed by atoms with van der Waals surface area (Å²) in [5, 5.41) is 12.9. The minimum absolute atomic E-state index is 0.0420. The zero-order valence-corrected chi connectivity index (χ0v) is 7.66. The van der Waals surface area contributed by atoms with Gasteiger partial charge in [-0.3, -0.25) is 0 Å². The Bertz CT molecular complexity index is 386. The number of hydrogen-bond donors (Lipinski definition) is 1. The Morgan fingerprint density at radius 1 is 1.38 bits per heavy atom. The van der Waals surface area contributed by atoms with Crippen molar-refractivity contribution in [3.8, 4) is 11.3 Å². The molecule has 2 heterocycles. The standard InChI is InChI=1S/C9H8N2OS/c12-4-8-3-9(11-6-10-8)7-1-2-13-5-7/h1-3,5-6,12H,4H2. The van der Waals surface area contributed by atoms with Crippen molar-refractivity contribution in [2.24, 2.45) is 0 Å². The first-order chi connectivity index (χ1) is 6.40. The van der Waals surface area contributed by atoms with Gasteiger partial charge in [0, 0.05) is 10.9 Å². The van der Waals surface area contributed by atoms with Gasteiger partial charge in [0.25, 0.3) is 0 Å². The third-order valence-electron chi connectivity index (χ3n) is 1.70. The molecule has 0 aromatic carbocycles. The van der Waals surface area contributed by atoms with Crippen molar-refractivity contribution in [1.82, 2.24) is 9.97 Å². The van der Waals surface area contributed by atoms with Crippen LogP contribution in [0.1, 0.15) is 5.69 Å². The predicted molar refractivity (Wildman–Crippen MR) is 51.3 cm³/mol. The third kappa shape index (κ3) is 1.74. The molecule has 0 fully saturated rings. The Labute approximate surface area is 79.7 Å². The number of hydrogen-bond acceptors (Lipinski definition) is 4. The highest BCUT2D eigenvalue weighted by molar-refractivity contribution is 7.08. The van der Waals surface area contributed by atoms with Gasteiger partial charge >= 0.3 is 0 Å². The van der Waals surface area contributed by atoms with Gasteiger partial charge in [0.05, 0.1) is 18.0 Å². The summed E-state index contributed by atoms with van der Waals surface area (Å²) in [5.74, 6) is 0. The van der Waals surface area contributed by atoms with E-state index in [0.29, 0.717) is 5.69 Å². The first kappa shape index (κ1) is 8.34. The minimum Gasteiger partial charge on any atom is -0.390 e. The molecule has 13 heavy (non-hydrogen) atoms. The molecule has 0 aliphatic heterocycles. The quantitative estimate of drug-likeness (QED) is 0.787. The SMILES string of the molecule is OCc1cc(-c2ccsc2)ncn1. The number of aliphatic hydroxyl groups excluding tert-OH is 1. The van der Waals surface area contributed by atoms with Gasteiger partial charge in [-0.15, -0.1) is 0 Å². The van der Waals surface area contributed by atoms with Crippen molar-refractivity contribution in [3.63, 3.8) is 0 Å². The van der Waals surface area contributed by atoms with Crippen LogP contribution < -0.4 is 0 Å². The van der Waals surface area contributed by atoms with E-state index in [1.54, 1.807) is 17.4 Å². The van der Waals surface area contributed by atoms with E-state index in [4.69, 9.17) is 5.11 Å². The molecule has 2 aromatic heterocycles. The molecule has 0 unspecified atom stereocenters. The smallest absolute Gasteiger partial charge is 0.116 e. The lowest BCUT2D eigenvalue weighted by Gasteiger charge is -1.98. The average molecular weight is 192 g/mol. The molecule has 0 amide bonds. The molecule has 0 saturated carbocycles. The lowest BCUT2D eigenvalue weighted by molar-refractivity contribution is 0.276. The molecule has 66 valence electrons. The van der Waals surface area contributed by atoms with Gasteiger partial charge in [0.2, 0.25) is 0 Å². The van der Waals surface area contributed by atoms with Crippen LogP contribution in [0, 0.1) is 0 Å². The fourth-order valence-corrected chi connectivity index (χ4v) is 1.70. The van der Waals surface area contributed by atoms with Crippen molar-refractivity contribution < 1.29 is 5.11 Å². The maximum Gasteiger partial charge on any atom is 0.116 e. The highest BCUT2D eigenvalue weighted by Crippen LogP contribution is 2.19. The summed E-state index contributed by atoms with van der Waals surface area (Å²) in [6, 6.07) is 3.79. The first-order valence-corrected chi connectivity index (χ1v) is 4.79. The number of thiophene rings is 1. The van der Waals surface area contributed by atoms with Crippen LogP contribution in [0.15, 0.2) is 29.2 Å². The first-order valence-electron chi connectivity index (χ1n) is 3.84. The molecule has 0 atom stereocenters. The van der Waals surface area contributed by atoms with Gasteiger partial charge in [0.1, 0.15) is 6.33 Å². The van der Waals surface area contributed by atoms with Crippen LogP contribution in [-0.4, -0.2) is 15.1 Å². The normalized spacial score (nSPS) is 10.2. The van der Waals surface area contributed by atoms with E-state index >= 15 is 0 Å². The molecule has 2 rings (SSSR count). The summed E-state index contributed by atoms with van der Waals surface area (Å²) >= 11 is 1.62. The van der Waals surface area contributed by atoms with Crippen molar-refractivity contribution >= 4 is 11.3 Å². The molecular weight excluding hydrogens is 184 g/mol. The highest BCUT2D eigenvalue weighted by Gasteiger charge is 2.00. The molecule has 0 aliphatic carbocycles. The molecule has 4 heteroatoms. The van der Waals surface area contributed by atoms with Crippen LogP contribution in [0.25, 0.3) is 11.3 Å². The maximum absolute atomic E-state index is 8.87. The van der Waals surface area contributed by atoms with Crippen LogP contribution in [-0.2, 0) is 6.61 Å². The Balaban J connectivity index is 2.41. The van der Waals surface area contributed by atoms with Gasteiger partial charge in [-0.05, 0) is 17.5 Å². The van der Waals surface area contributed by atoms with Crippen LogP contribution >= 0.6 is 11.3 Å². The molecule has 0 saturated heterocycles. The lowest BCUT2D eigenvalue weighted by Crippen LogP contribution is -1.91.